The Morgan fingerprint density at radius 2 is 1.86 bits per heavy atom. The fourth-order valence-electron chi connectivity index (χ4n) is 2.85. The number of rotatable bonds is 6. The van der Waals surface area contributed by atoms with Crippen molar-refractivity contribution < 1.29 is 14.0 Å². The molecule has 0 aliphatic heterocycles. The van der Waals surface area contributed by atoms with E-state index >= 15 is 0 Å². The molecule has 0 saturated heterocycles. The highest BCUT2D eigenvalue weighted by molar-refractivity contribution is 6.05. The van der Waals surface area contributed by atoms with Crippen LogP contribution in [0.1, 0.15) is 34.6 Å². The molecule has 3 rings (SSSR count). The highest BCUT2D eigenvalue weighted by atomic mass is 16.3. The zero-order valence-corrected chi connectivity index (χ0v) is 15.7. The molecule has 2 amide bonds. The molecule has 0 radical (unpaired) electrons. The van der Waals surface area contributed by atoms with Gasteiger partial charge in [-0.3, -0.25) is 14.4 Å². The molecule has 1 aromatic carbocycles. The SMILES string of the molecule is CCN(CC)C(=O)c1cccc(NC(=O)c2ccc(-c3ccco3)[nH]c2=O)c1. The molecule has 0 aliphatic carbocycles. The molecule has 144 valence electrons. The van der Waals surface area contributed by atoms with E-state index < -0.39 is 11.5 Å². The summed E-state index contributed by atoms with van der Waals surface area (Å²) in [4.78, 5) is 41.6. The van der Waals surface area contributed by atoms with Gasteiger partial charge in [0.2, 0.25) is 0 Å². The lowest BCUT2D eigenvalue weighted by molar-refractivity contribution is 0.0772. The predicted molar refractivity (Wildman–Crippen MR) is 106 cm³/mol. The second kappa shape index (κ2) is 8.39. The van der Waals surface area contributed by atoms with E-state index in [1.54, 1.807) is 47.4 Å². The van der Waals surface area contributed by atoms with Gasteiger partial charge < -0.3 is 19.6 Å². The van der Waals surface area contributed by atoms with Crippen molar-refractivity contribution in [1.82, 2.24) is 9.88 Å². The minimum absolute atomic E-state index is 0.0317. The first-order chi connectivity index (χ1) is 13.5. The van der Waals surface area contributed by atoms with E-state index in [1.165, 1.54) is 12.3 Å². The maximum absolute atomic E-state index is 12.5. The second-order valence-corrected chi connectivity index (χ2v) is 6.10. The van der Waals surface area contributed by atoms with Crippen LogP contribution in [0.2, 0.25) is 0 Å². The Morgan fingerprint density at radius 3 is 2.50 bits per heavy atom. The molecule has 0 aliphatic rings. The van der Waals surface area contributed by atoms with Crippen LogP contribution in [0, 0.1) is 0 Å². The van der Waals surface area contributed by atoms with Crippen molar-refractivity contribution in [1.29, 1.82) is 0 Å². The average Bonchev–Trinajstić information content (AvgIpc) is 3.23. The van der Waals surface area contributed by atoms with Gasteiger partial charge in [-0.2, -0.15) is 0 Å². The summed E-state index contributed by atoms with van der Waals surface area (Å²) >= 11 is 0. The van der Waals surface area contributed by atoms with Gasteiger partial charge in [0.25, 0.3) is 17.4 Å². The van der Waals surface area contributed by atoms with Crippen LogP contribution in [-0.4, -0.2) is 34.8 Å². The number of carbonyl (C=O) groups excluding carboxylic acids is 2. The lowest BCUT2D eigenvalue weighted by atomic mass is 10.1. The predicted octanol–water partition coefficient (Wildman–Crippen LogP) is 3.37. The maximum atomic E-state index is 12.5. The number of aromatic amines is 1. The van der Waals surface area contributed by atoms with Gasteiger partial charge in [0.15, 0.2) is 0 Å². The topological polar surface area (TPSA) is 95.4 Å². The number of nitrogens with zero attached hydrogens (tertiary/aromatic N) is 1. The fraction of sp³-hybridized carbons (Fsp3) is 0.190. The molecule has 2 N–H and O–H groups in total. The Labute approximate surface area is 162 Å². The molecule has 7 nitrogen and oxygen atoms in total. The molecule has 28 heavy (non-hydrogen) atoms. The molecule has 0 spiro atoms. The number of aromatic nitrogens is 1. The Kier molecular flexibility index (Phi) is 5.74. The Balaban J connectivity index is 1.79. The molecule has 2 heterocycles. The number of hydrogen-bond donors (Lipinski definition) is 2. The maximum Gasteiger partial charge on any atom is 0.261 e. The monoisotopic (exact) mass is 379 g/mol. The number of H-pyrrole nitrogens is 1. The number of pyridine rings is 1. The third-order valence-corrected chi connectivity index (χ3v) is 4.36. The van der Waals surface area contributed by atoms with Crippen LogP contribution in [0.4, 0.5) is 5.69 Å². The summed E-state index contributed by atoms with van der Waals surface area (Å²) < 4.78 is 5.24. The van der Waals surface area contributed by atoms with Crippen LogP contribution < -0.4 is 10.9 Å². The first-order valence-corrected chi connectivity index (χ1v) is 9.01. The van der Waals surface area contributed by atoms with Crippen LogP contribution in [-0.2, 0) is 0 Å². The molecular weight excluding hydrogens is 358 g/mol. The van der Waals surface area contributed by atoms with E-state index in [1.807, 2.05) is 13.8 Å². The van der Waals surface area contributed by atoms with Crippen LogP contribution in [0.15, 0.2) is 64.0 Å². The van der Waals surface area contributed by atoms with E-state index in [2.05, 4.69) is 10.3 Å². The Hall–Kier alpha value is -3.61. The van der Waals surface area contributed by atoms with Crippen molar-refractivity contribution in [2.24, 2.45) is 0 Å². The van der Waals surface area contributed by atoms with Gasteiger partial charge in [-0.15, -0.1) is 0 Å². The number of nitrogens with one attached hydrogen (secondary N) is 2. The molecule has 2 aromatic heterocycles. The van der Waals surface area contributed by atoms with E-state index in [0.717, 1.165) is 0 Å². The number of benzene rings is 1. The van der Waals surface area contributed by atoms with Crippen molar-refractivity contribution in [3.05, 3.63) is 76.3 Å². The number of carbonyl (C=O) groups is 2. The smallest absolute Gasteiger partial charge is 0.261 e. The van der Waals surface area contributed by atoms with Crippen molar-refractivity contribution >= 4 is 17.5 Å². The van der Waals surface area contributed by atoms with Crippen LogP contribution in [0.5, 0.6) is 0 Å². The minimum Gasteiger partial charge on any atom is -0.463 e. The first-order valence-electron chi connectivity index (χ1n) is 9.01. The van der Waals surface area contributed by atoms with Crippen molar-refractivity contribution in [3.8, 4) is 11.5 Å². The van der Waals surface area contributed by atoms with Gasteiger partial charge >= 0.3 is 0 Å². The van der Waals surface area contributed by atoms with Crippen molar-refractivity contribution in [2.75, 3.05) is 18.4 Å². The quantitative estimate of drug-likeness (QED) is 0.686. The second-order valence-electron chi connectivity index (χ2n) is 6.10. The number of amides is 2. The molecular formula is C21H21N3O4. The van der Waals surface area contributed by atoms with E-state index in [4.69, 9.17) is 4.42 Å². The van der Waals surface area contributed by atoms with Gasteiger partial charge in [0.1, 0.15) is 11.3 Å². The van der Waals surface area contributed by atoms with Gasteiger partial charge in [-0.1, -0.05) is 6.07 Å². The molecule has 0 unspecified atom stereocenters. The van der Waals surface area contributed by atoms with Gasteiger partial charge in [0.05, 0.1) is 12.0 Å². The summed E-state index contributed by atoms with van der Waals surface area (Å²) in [5, 5.41) is 2.67. The molecule has 7 heteroatoms. The van der Waals surface area contributed by atoms with Crippen molar-refractivity contribution in [3.63, 3.8) is 0 Å². The van der Waals surface area contributed by atoms with E-state index in [9.17, 15) is 14.4 Å². The molecule has 0 fully saturated rings. The molecule has 0 bridgehead atoms. The normalized spacial score (nSPS) is 10.5. The van der Waals surface area contributed by atoms with Gasteiger partial charge in [-0.05, 0) is 56.3 Å². The zero-order valence-electron chi connectivity index (χ0n) is 15.7. The van der Waals surface area contributed by atoms with E-state index in [-0.39, 0.29) is 11.5 Å². The lowest BCUT2D eigenvalue weighted by Crippen LogP contribution is -2.30. The fourth-order valence-corrected chi connectivity index (χ4v) is 2.85. The Morgan fingerprint density at radius 1 is 1.07 bits per heavy atom. The summed E-state index contributed by atoms with van der Waals surface area (Å²) in [7, 11) is 0. The highest BCUT2D eigenvalue weighted by Crippen LogP contribution is 2.17. The lowest BCUT2D eigenvalue weighted by Gasteiger charge is -2.19. The van der Waals surface area contributed by atoms with Gasteiger partial charge in [0, 0.05) is 24.3 Å². The third kappa shape index (κ3) is 4.03. The highest BCUT2D eigenvalue weighted by Gasteiger charge is 2.15. The molecule has 0 atom stereocenters. The zero-order chi connectivity index (χ0) is 20.1. The van der Waals surface area contributed by atoms with Crippen molar-refractivity contribution in [2.45, 2.75) is 13.8 Å². The van der Waals surface area contributed by atoms with Crippen LogP contribution in [0.25, 0.3) is 11.5 Å². The summed E-state index contributed by atoms with van der Waals surface area (Å²) in [6.45, 7) is 5.02. The molecule has 0 saturated carbocycles. The number of furan rings is 1. The summed E-state index contributed by atoms with van der Waals surface area (Å²) in [5.41, 5.74) is 0.844. The minimum atomic E-state index is -0.556. The summed E-state index contributed by atoms with van der Waals surface area (Å²) in [6, 6.07) is 13.1. The average molecular weight is 379 g/mol. The van der Waals surface area contributed by atoms with E-state index in [0.29, 0.717) is 35.8 Å². The molecule has 3 aromatic rings. The van der Waals surface area contributed by atoms with Crippen LogP contribution >= 0.6 is 0 Å². The number of anilines is 1. The third-order valence-electron chi connectivity index (χ3n) is 4.36. The summed E-state index contributed by atoms with van der Waals surface area (Å²) in [5.74, 6) is -0.159. The van der Waals surface area contributed by atoms with Gasteiger partial charge in [-0.25, -0.2) is 0 Å². The standard InChI is InChI=1S/C21H21N3O4/c1-3-24(4-2)21(27)14-7-5-8-15(13-14)22-19(25)16-10-11-17(23-20(16)26)18-9-6-12-28-18/h5-13H,3-4H2,1-2H3,(H,22,25)(H,23,26). The Bertz CT molecular complexity index is 1030. The largest absolute Gasteiger partial charge is 0.463 e. The van der Waals surface area contributed by atoms with Crippen LogP contribution in [0.3, 0.4) is 0 Å². The first kappa shape index (κ1) is 19.2. The number of hydrogen-bond acceptors (Lipinski definition) is 4. The summed E-state index contributed by atoms with van der Waals surface area (Å²) in [6.07, 6.45) is 1.50.